The maximum absolute atomic E-state index is 5.86. The third kappa shape index (κ3) is 5.50. The van der Waals surface area contributed by atoms with Gasteiger partial charge in [-0.3, -0.25) is 10.00 Å². The van der Waals surface area contributed by atoms with Gasteiger partial charge in [-0.25, -0.2) is 0 Å². The van der Waals surface area contributed by atoms with Crippen molar-refractivity contribution in [1.29, 1.82) is 0 Å². The molecule has 0 saturated carbocycles. The van der Waals surface area contributed by atoms with Gasteiger partial charge in [0.25, 0.3) is 0 Å². The van der Waals surface area contributed by atoms with Crippen molar-refractivity contribution in [3.8, 4) is 21.4 Å². The summed E-state index contributed by atoms with van der Waals surface area (Å²) in [5, 5.41) is 11.6. The Bertz CT molecular complexity index is 887. The minimum atomic E-state index is 0.719. The minimum absolute atomic E-state index is 0.719. The lowest BCUT2D eigenvalue weighted by Crippen LogP contribution is -2.37. The van der Waals surface area contributed by atoms with Crippen LogP contribution >= 0.6 is 11.3 Å². The molecule has 7 nitrogen and oxygen atoms in total. The fraction of sp³-hybridized carbons (Fsp3) is 0.381. The van der Waals surface area contributed by atoms with Gasteiger partial charge >= 0.3 is 0 Å². The standard InChI is InChI=1S/C21H26N4O3S/c1-26-21-8-7-19(29-21)18-15-20(24-23-18)22-16-3-5-17(6-4-16)28-12-2-9-25-10-13-27-14-11-25/h3-8,15H,2,9-14H2,1H3,(H2,22,23,24). The predicted molar refractivity (Wildman–Crippen MR) is 116 cm³/mol. The van der Waals surface area contributed by atoms with Crippen molar-refractivity contribution >= 4 is 22.8 Å². The highest BCUT2D eigenvalue weighted by atomic mass is 32.1. The average molecular weight is 415 g/mol. The smallest absolute Gasteiger partial charge is 0.173 e. The number of H-pyrrole nitrogens is 1. The molecular weight excluding hydrogens is 388 g/mol. The van der Waals surface area contributed by atoms with Gasteiger partial charge in [-0.1, -0.05) is 11.3 Å². The Labute approximate surface area is 174 Å². The number of ether oxygens (including phenoxy) is 3. The number of benzene rings is 1. The first kappa shape index (κ1) is 19.8. The molecule has 1 fully saturated rings. The molecule has 0 bridgehead atoms. The second-order valence-electron chi connectivity index (χ2n) is 6.80. The van der Waals surface area contributed by atoms with Gasteiger partial charge in [0, 0.05) is 31.4 Å². The largest absolute Gasteiger partial charge is 0.494 e. The molecule has 3 aromatic rings. The Morgan fingerprint density at radius 1 is 1.17 bits per heavy atom. The molecule has 1 aliphatic heterocycles. The van der Waals surface area contributed by atoms with Gasteiger partial charge in [-0.2, -0.15) is 5.10 Å². The highest BCUT2D eigenvalue weighted by Gasteiger charge is 2.10. The number of rotatable bonds is 9. The van der Waals surface area contributed by atoms with E-state index in [1.54, 1.807) is 18.4 Å². The molecular formula is C21H26N4O3S. The summed E-state index contributed by atoms with van der Waals surface area (Å²) in [7, 11) is 1.67. The van der Waals surface area contributed by atoms with Crippen molar-refractivity contribution < 1.29 is 14.2 Å². The predicted octanol–water partition coefficient (Wildman–Crippen LogP) is 3.99. The number of hydrogen-bond acceptors (Lipinski definition) is 7. The third-order valence-corrected chi connectivity index (χ3v) is 5.82. The summed E-state index contributed by atoms with van der Waals surface area (Å²) >= 11 is 1.58. The van der Waals surface area contributed by atoms with E-state index in [0.29, 0.717) is 0 Å². The van der Waals surface area contributed by atoms with E-state index in [1.165, 1.54) is 0 Å². The summed E-state index contributed by atoms with van der Waals surface area (Å²) in [4.78, 5) is 3.51. The maximum atomic E-state index is 5.86. The van der Waals surface area contributed by atoms with Crippen molar-refractivity contribution in [2.45, 2.75) is 6.42 Å². The number of nitrogens with one attached hydrogen (secondary N) is 2. The van der Waals surface area contributed by atoms with Crippen LogP contribution in [0.3, 0.4) is 0 Å². The van der Waals surface area contributed by atoms with Crippen LogP contribution in [0.25, 0.3) is 10.6 Å². The Balaban J connectivity index is 1.24. The molecule has 0 atom stereocenters. The van der Waals surface area contributed by atoms with Crippen LogP contribution in [0.1, 0.15) is 6.42 Å². The first-order valence-corrected chi connectivity index (χ1v) is 10.6. The summed E-state index contributed by atoms with van der Waals surface area (Å²) in [6.07, 6.45) is 1.02. The van der Waals surface area contributed by atoms with Gasteiger partial charge in [0.15, 0.2) is 10.9 Å². The molecule has 1 saturated heterocycles. The van der Waals surface area contributed by atoms with E-state index < -0.39 is 0 Å². The summed E-state index contributed by atoms with van der Waals surface area (Å²) in [6, 6.07) is 13.9. The lowest BCUT2D eigenvalue weighted by atomic mass is 10.3. The van der Waals surface area contributed by atoms with E-state index in [-0.39, 0.29) is 0 Å². The number of anilines is 2. The van der Waals surface area contributed by atoms with Gasteiger partial charge < -0.3 is 19.5 Å². The summed E-state index contributed by atoms with van der Waals surface area (Å²) in [5.41, 5.74) is 1.92. The molecule has 0 unspecified atom stereocenters. The quantitative estimate of drug-likeness (QED) is 0.516. The summed E-state index contributed by atoms with van der Waals surface area (Å²) in [5.74, 6) is 1.65. The monoisotopic (exact) mass is 414 g/mol. The molecule has 29 heavy (non-hydrogen) atoms. The van der Waals surface area contributed by atoms with Gasteiger partial charge in [-0.05, 0) is 42.8 Å². The zero-order valence-corrected chi connectivity index (χ0v) is 17.3. The van der Waals surface area contributed by atoms with E-state index in [1.807, 2.05) is 42.5 Å². The number of aromatic amines is 1. The van der Waals surface area contributed by atoms with Crippen molar-refractivity contribution in [1.82, 2.24) is 15.1 Å². The highest BCUT2D eigenvalue weighted by Crippen LogP contribution is 2.32. The second-order valence-corrected chi connectivity index (χ2v) is 7.84. The molecule has 2 N–H and O–H groups in total. The average Bonchev–Trinajstić information content (AvgIpc) is 3.42. The topological polar surface area (TPSA) is 71.6 Å². The lowest BCUT2D eigenvalue weighted by molar-refractivity contribution is 0.0358. The first-order valence-electron chi connectivity index (χ1n) is 9.80. The SMILES string of the molecule is COc1ccc(-c2cc(Nc3ccc(OCCCN4CCOCC4)cc3)n[nH]2)s1. The van der Waals surface area contributed by atoms with Crippen LogP contribution in [0.15, 0.2) is 42.5 Å². The zero-order valence-electron chi connectivity index (χ0n) is 16.5. The molecule has 2 aromatic heterocycles. The molecule has 4 rings (SSSR count). The summed E-state index contributed by atoms with van der Waals surface area (Å²) < 4.78 is 16.5. The van der Waals surface area contributed by atoms with E-state index >= 15 is 0 Å². The van der Waals surface area contributed by atoms with E-state index in [4.69, 9.17) is 14.2 Å². The molecule has 154 valence electrons. The molecule has 0 spiro atoms. The number of nitrogens with zero attached hydrogens (tertiary/aromatic N) is 2. The van der Waals surface area contributed by atoms with E-state index in [0.717, 1.165) is 78.8 Å². The van der Waals surface area contributed by atoms with Crippen molar-refractivity contribution in [3.05, 3.63) is 42.5 Å². The van der Waals surface area contributed by atoms with Crippen LogP contribution in [0.5, 0.6) is 10.8 Å². The van der Waals surface area contributed by atoms with Crippen molar-refractivity contribution in [3.63, 3.8) is 0 Å². The Morgan fingerprint density at radius 2 is 2.00 bits per heavy atom. The van der Waals surface area contributed by atoms with Gasteiger partial charge in [0.05, 0.1) is 37.5 Å². The number of aromatic nitrogens is 2. The van der Waals surface area contributed by atoms with Crippen LogP contribution in [0.2, 0.25) is 0 Å². The van der Waals surface area contributed by atoms with Crippen molar-refractivity contribution in [2.75, 3.05) is 51.9 Å². The van der Waals surface area contributed by atoms with Crippen molar-refractivity contribution in [2.24, 2.45) is 0 Å². The van der Waals surface area contributed by atoms with Crippen LogP contribution in [0.4, 0.5) is 11.5 Å². The van der Waals surface area contributed by atoms with Gasteiger partial charge in [0.2, 0.25) is 0 Å². The highest BCUT2D eigenvalue weighted by molar-refractivity contribution is 7.17. The number of methoxy groups -OCH3 is 1. The maximum Gasteiger partial charge on any atom is 0.173 e. The van der Waals surface area contributed by atoms with E-state index in [2.05, 4.69) is 20.4 Å². The number of thiophene rings is 1. The minimum Gasteiger partial charge on any atom is -0.494 e. The van der Waals surface area contributed by atoms with Gasteiger partial charge in [0.1, 0.15) is 5.75 Å². The first-order chi connectivity index (χ1) is 14.3. The molecule has 1 aliphatic rings. The fourth-order valence-corrected chi connectivity index (χ4v) is 3.96. The van der Waals surface area contributed by atoms with Crippen LogP contribution < -0.4 is 14.8 Å². The summed E-state index contributed by atoms with van der Waals surface area (Å²) in [6.45, 7) is 5.50. The van der Waals surface area contributed by atoms with E-state index in [9.17, 15) is 0 Å². The molecule has 0 aliphatic carbocycles. The fourth-order valence-electron chi connectivity index (χ4n) is 3.17. The lowest BCUT2D eigenvalue weighted by Gasteiger charge is -2.26. The molecule has 0 radical (unpaired) electrons. The number of morpholine rings is 1. The van der Waals surface area contributed by atoms with Crippen LogP contribution in [0, 0.1) is 0 Å². The normalized spacial score (nSPS) is 14.7. The Kier molecular flexibility index (Phi) is 6.66. The Hall–Kier alpha value is -2.55. The van der Waals surface area contributed by atoms with Crippen LogP contribution in [-0.2, 0) is 4.74 Å². The van der Waals surface area contributed by atoms with Crippen LogP contribution in [-0.4, -0.2) is 61.7 Å². The molecule has 1 aromatic carbocycles. The molecule has 8 heteroatoms. The molecule has 0 amide bonds. The third-order valence-electron chi connectivity index (χ3n) is 4.74. The van der Waals surface area contributed by atoms with Gasteiger partial charge in [-0.15, -0.1) is 0 Å². The zero-order chi connectivity index (χ0) is 19.9. The second kappa shape index (κ2) is 9.78. The molecule has 3 heterocycles. The Morgan fingerprint density at radius 3 is 2.76 bits per heavy atom. The number of hydrogen-bond donors (Lipinski definition) is 2.